The minimum atomic E-state index is 1.03. The van der Waals surface area contributed by atoms with Crippen LogP contribution in [-0.2, 0) is 0 Å². The fourth-order valence-corrected chi connectivity index (χ4v) is 1.52. The van der Waals surface area contributed by atoms with Crippen LogP contribution in [0.1, 0.15) is 19.8 Å². The maximum atomic E-state index is 4.03. The number of hydrogen-bond acceptors (Lipinski definition) is 2. The summed E-state index contributed by atoms with van der Waals surface area (Å²) < 4.78 is 0. The van der Waals surface area contributed by atoms with Gasteiger partial charge < -0.3 is 5.32 Å². The molecular weight excluding hydrogens is 174 g/mol. The van der Waals surface area contributed by atoms with Crippen LogP contribution in [0.25, 0.3) is 10.9 Å². The number of rotatable bonds is 4. The second-order valence-electron chi connectivity index (χ2n) is 3.42. The number of anilines is 1. The van der Waals surface area contributed by atoms with Crippen LogP contribution in [0.15, 0.2) is 24.4 Å². The zero-order chi connectivity index (χ0) is 9.80. The molecule has 14 heavy (non-hydrogen) atoms. The van der Waals surface area contributed by atoms with Gasteiger partial charge in [0.1, 0.15) is 0 Å². The van der Waals surface area contributed by atoms with Crippen LogP contribution >= 0.6 is 0 Å². The van der Waals surface area contributed by atoms with E-state index in [1.54, 1.807) is 0 Å². The second-order valence-corrected chi connectivity index (χ2v) is 3.42. The minimum absolute atomic E-state index is 1.03. The Morgan fingerprint density at radius 1 is 1.43 bits per heavy atom. The van der Waals surface area contributed by atoms with E-state index in [1.165, 1.54) is 23.9 Å². The molecule has 2 rings (SSSR count). The molecule has 0 fully saturated rings. The van der Waals surface area contributed by atoms with E-state index in [1.807, 2.05) is 18.3 Å². The SMILES string of the molecule is CCCCNc1cccc2[nH]ncc12. The van der Waals surface area contributed by atoms with Gasteiger partial charge in [0.25, 0.3) is 0 Å². The van der Waals surface area contributed by atoms with Crippen LogP contribution in [0.5, 0.6) is 0 Å². The van der Waals surface area contributed by atoms with E-state index in [0.717, 1.165) is 12.1 Å². The van der Waals surface area contributed by atoms with Crippen molar-refractivity contribution in [3.63, 3.8) is 0 Å². The average Bonchev–Trinajstić information content (AvgIpc) is 2.67. The van der Waals surface area contributed by atoms with Gasteiger partial charge in [-0.15, -0.1) is 0 Å². The van der Waals surface area contributed by atoms with Crippen LogP contribution < -0.4 is 5.32 Å². The van der Waals surface area contributed by atoms with Crippen molar-refractivity contribution < 1.29 is 0 Å². The normalized spacial score (nSPS) is 10.6. The van der Waals surface area contributed by atoms with Gasteiger partial charge in [0, 0.05) is 17.6 Å². The molecule has 0 saturated heterocycles. The highest BCUT2D eigenvalue weighted by molar-refractivity contribution is 5.90. The molecule has 0 aliphatic rings. The first-order chi connectivity index (χ1) is 6.92. The van der Waals surface area contributed by atoms with Crippen molar-refractivity contribution in [3.8, 4) is 0 Å². The van der Waals surface area contributed by atoms with Crippen molar-refractivity contribution in [1.82, 2.24) is 10.2 Å². The van der Waals surface area contributed by atoms with E-state index in [-0.39, 0.29) is 0 Å². The molecule has 1 aromatic heterocycles. The van der Waals surface area contributed by atoms with Gasteiger partial charge in [-0.2, -0.15) is 5.10 Å². The van der Waals surface area contributed by atoms with Crippen molar-refractivity contribution in [2.75, 3.05) is 11.9 Å². The summed E-state index contributed by atoms with van der Waals surface area (Å²) >= 11 is 0. The third kappa shape index (κ3) is 1.71. The first-order valence-corrected chi connectivity index (χ1v) is 5.08. The molecule has 0 bridgehead atoms. The quantitative estimate of drug-likeness (QED) is 0.726. The smallest absolute Gasteiger partial charge is 0.0671 e. The molecule has 0 aliphatic carbocycles. The summed E-state index contributed by atoms with van der Waals surface area (Å²) in [7, 11) is 0. The number of fused-ring (bicyclic) bond motifs is 1. The number of H-pyrrole nitrogens is 1. The van der Waals surface area contributed by atoms with Gasteiger partial charge in [0.2, 0.25) is 0 Å². The number of unbranched alkanes of at least 4 members (excludes halogenated alkanes) is 1. The first-order valence-electron chi connectivity index (χ1n) is 5.08. The number of nitrogens with one attached hydrogen (secondary N) is 2. The zero-order valence-corrected chi connectivity index (χ0v) is 8.38. The lowest BCUT2D eigenvalue weighted by Crippen LogP contribution is -2.00. The van der Waals surface area contributed by atoms with Gasteiger partial charge in [0.15, 0.2) is 0 Å². The van der Waals surface area contributed by atoms with Crippen molar-refractivity contribution >= 4 is 16.6 Å². The Morgan fingerprint density at radius 3 is 3.21 bits per heavy atom. The third-order valence-corrected chi connectivity index (χ3v) is 2.33. The largest absolute Gasteiger partial charge is 0.384 e. The minimum Gasteiger partial charge on any atom is -0.384 e. The first kappa shape index (κ1) is 9.06. The topological polar surface area (TPSA) is 40.7 Å². The highest BCUT2D eigenvalue weighted by Crippen LogP contribution is 2.20. The van der Waals surface area contributed by atoms with Crippen LogP contribution in [0.3, 0.4) is 0 Å². The lowest BCUT2D eigenvalue weighted by molar-refractivity contribution is 0.835. The number of aromatic nitrogens is 2. The van der Waals surface area contributed by atoms with Gasteiger partial charge >= 0.3 is 0 Å². The Labute approximate surface area is 83.5 Å². The van der Waals surface area contributed by atoms with E-state index < -0.39 is 0 Å². The Balaban J connectivity index is 2.19. The zero-order valence-electron chi connectivity index (χ0n) is 8.38. The van der Waals surface area contributed by atoms with Gasteiger partial charge in [-0.1, -0.05) is 19.4 Å². The standard InChI is InChI=1S/C11H15N3/c1-2-3-7-12-10-5-4-6-11-9(10)8-13-14-11/h4-6,8,12H,2-3,7H2,1H3,(H,13,14). The highest BCUT2D eigenvalue weighted by atomic mass is 15.1. The van der Waals surface area contributed by atoms with Crippen LogP contribution in [0.2, 0.25) is 0 Å². The molecule has 0 atom stereocenters. The number of hydrogen-bond donors (Lipinski definition) is 2. The number of nitrogens with zero attached hydrogens (tertiary/aromatic N) is 1. The molecule has 0 spiro atoms. The van der Waals surface area contributed by atoms with E-state index >= 15 is 0 Å². The monoisotopic (exact) mass is 189 g/mol. The van der Waals surface area contributed by atoms with Crippen molar-refractivity contribution in [3.05, 3.63) is 24.4 Å². The lowest BCUT2D eigenvalue weighted by atomic mass is 10.2. The van der Waals surface area contributed by atoms with Crippen molar-refractivity contribution in [2.24, 2.45) is 0 Å². The molecule has 1 aromatic carbocycles. The molecule has 2 N–H and O–H groups in total. The Morgan fingerprint density at radius 2 is 2.36 bits per heavy atom. The Kier molecular flexibility index (Phi) is 2.68. The lowest BCUT2D eigenvalue weighted by Gasteiger charge is -2.05. The molecular formula is C11H15N3. The summed E-state index contributed by atoms with van der Waals surface area (Å²) in [5, 5.41) is 11.6. The summed E-state index contributed by atoms with van der Waals surface area (Å²) in [6.45, 7) is 3.22. The number of aromatic amines is 1. The molecule has 0 unspecified atom stereocenters. The van der Waals surface area contributed by atoms with Crippen molar-refractivity contribution in [1.29, 1.82) is 0 Å². The maximum Gasteiger partial charge on any atom is 0.0671 e. The van der Waals surface area contributed by atoms with Crippen LogP contribution in [0.4, 0.5) is 5.69 Å². The molecule has 2 aromatic rings. The Hall–Kier alpha value is -1.51. The molecule has 3 nitrogen and oxygen atoms in total. The fourth-order valence-electron chi connectivity index (χ4n) is 1.52. The summed E-state index contributed by atoms with van der Waals surface area (Å²) in [5.74, 6) is 0. The van der Waals surface area contributed by atoms with E-state index in [0.29, 0.717) is 0 Å². The average molecular weight is 189 g/mol. The van der Waals surface area contributed by atoms with E-state index in [9.17, 15) is 0 Å². The molecule has 74 valence electrons. The van der Waals surface area contributed by atoms with Gasteiger partial charge in [-0.05, 0) is 18.6 Å². The summed E-state index contributed by atoms with van der Waals surface area (Å²) in [6.07, 6.45) is 4.28. The Bertz CT molecular complexity index is 406. The van der Waals surface area contributed by atoms with E-state index in [4.69, 9.17) is 0 Å². The summed E-state index contributed by atoms with van der Waals surface area (Å²) in [6, 6.07) is 6.16. The highest BCUT2D eigenvalue weighted by Gasteiger charge is 2.00. The van der Waals surface area contributed by atoms with Gasteiger partial charge in [-0.3, -0.25) is 5.10 Å². The van der Waals surface area contributed by atoms with Gasteiger partial charge in [0.05, 0.1) is 11.7 Å². The van der Waals surface area contributed by atoms with E-state index in [2.05, 4.69) is 28.5 Å². The van der Waals surface area contributed by atoms with Crippen LogP contribution in [0, 0.1) is 0 Å². The fraction of sp³-hybridized carbons (Fsp3) is 0.364. The summed E-state index contributed by atoms with van der Waals surface area (Å²) in [5.41, 5.74) is 2.26. The predicted molar refractivity (Wildman–Crippen MR) is 59.5 cm³/mol. The molecule has 0 saturated carbocycles. The predicted octanol–water partition coefficient (Wildman–Crippen LogP) is 2.77. The van der Waals surface area contributed by atoms with Gasteiger partial charge in [-0.25, -0.2) is 0 Å². The molecule has 0 amide bonds. The van der Waals surface area contributed by atoms with Crippen LogP contribution in [-0.4, -0.2) is 16.7 Å². The molecule has 0 radical (unpaired) electrons. The summed E-state index contributed by atoms with van der Waals surface area (Å²) in [4.78, 5) is 0. The molecule has 3 heteroatoms. The maximum absolute atomic E-state index is 4.03. The number of benzene rings is 1. The van der Waals surface area contributed by atoms with Crippen molar-refractivity contribution in [2.45, 2.75) is 19.8 Å². The molecule has 0 aliphatic heterocycles. The second kappa shape index (κ2) is 4.13. The molecule has 1 heterocycles. The third-order valence-electron chi connectivity index (χ3n) is 2.33.